The molecule has 0 aromatic carbocycles. The van der Waals surface area contributed by atoms with E-state index in [0.29, 0.717) is 5.76 Å². The number of sulfone groups is 1. The number of furan rings is 1. The normalized spacial score (nSPS) is 11.8. The van der Waals surface area contributed by atoms with Gasteiger partial charge in [-0.2, -0.15) is 0 Å². The van der Waals surface area contributed by atoms with Crippen molar-refractivity contribution in [2.24, 2.45) is 0 Å². The highest BCUT2D eigenvalue weighted by molar-refractivity contribution is 7.90. The van der Waals surface area contributed by atoms with Crippen LogP contribution in [0.5, 0.6) is 0 Å². The first kappa shape index (κ1) is 10.2. The highest BCUT2D eigenvalue weighted by Gasteiger charge is 2.12. The molecule has 0 aliphatic heterocycles. The summed E-state index contributed by atoms with van der Waals surface area (Å²) in [5.41, 5.74) is 0. The molecule has 0 bridgehead atoms. The van der Waals surface area contributed by atoms with Crippen molar-refractivity contribution in [2.75, 3.05) is 13.4 Å². The monoisotopic (exact) mass is 206 g/mol. The first-order chi connectivity index (χ1) is 6.04. The predicted octanol–water partition coefficient (Wildman–Crippen LogP) is 0.761. The van der Waals surface area contributed by atoms with Crippen molar-refractivity contribution < 1.29 is 22.6 Å². The molecule has 6 heteroatoms. The largest absolute Gasteiger partial charge is 0.447 e. The van der Waals surface area contributed by atoms with Crippen LogP contribution in [0.25, 0.3) is 0 Å². The lowest BCUT2D eigenvalue weighted by molar-refractivity contribution is -0.285. The summed E-state index contributed by atoms with van der Waals surface area (Å²) < 4.78 is 26.9. The maximum Gasteiger partial charge on any atom is 0.218 e. The number of hydrogen-bond acceptors (Lipinski definition) is 5. The summed E-state index contributed by atoms with van der Waals surface area (Å²) in [4.78, 5) is 8.89. The van der Waals surface area contributed by atoms with Crippen LogP contribution in [0.1, 0.15) is 5.76 Å². The van der Waals surface area contributed by atoms with Gasteiger partial charge in [-0.05, 0) is 12.1 Å². The zero-order chi connectivity index (χ0) is 9.90. The Morgan fingerprint density at radius 2 is 2.15 bits per heavy atom. The third-order valence-corrected chi connectivity index (χ3v) is 2.27. The van der Waals surface area contributed by atoms with E-state index in [1.165, 1.54) is 19.2 Å². The standard InChI is InChI=1S/C7H10O5S/c1-10-11-5-6-3-4-7(12-6)13(2,8)9/h3-4H,5H2,1-2H3. The molecule has 0 atom stereocenters. The topological polar surface area (TPSA) is 65.7 Å². The van der Waals surface area contributed by atoms with E-state index in [1.807, 2.05) is 0 Å². The minimum atomic E-state index is -3.27. The molecule has 1 heterocycles. The van der Waals surface area contributed by atoms with Crippen LogP contribution < -0.4 is 0 Å². The second kappa shape index (κ2) is 3.91. The first-order valence-electron chi connectivity index (χ1n) is 3.48. The van der Waals surface area contributed by atoms with Gasteiger partial charge in [0.2, 0.25) is 14.9 Å². The summed E-state index contributed by atoms with van der Waals surface area (Å²) in [5, 5.41) is -0.0674. The molecule has 0 unspecified atom stereocenters. The Hall–Kier alpha value is -0.850. The molecule has 1 aromatic rings. The quantitative estimate of drug-likeness (QED) is 0.537. The molecular weight excluding hydrogens is 196 g/mol. The molecule has 1 rings (SSSR count). The van der Waals surface area contributed by atoms with E-state index in [-0.39, 0.29) is 11.7 Å². The number of rotatable bonds is 4. The average molecular weight is 206 g/mol. The molecule has 74 valence electrons. The Morgan fingerprint density at radius 1 is 1.46 bits per heavy atom. The van der Waals surface area contributed by atoms with Gasteiger partial charge in [-0.15, -0.1) is 0 Å². The lowest BCUT2D eigenvalue weighted by Gasteiger charge is -1.95. The van der Waals surface area contributed by atoms with E-state index in [2.05, 4.69) is 9.78 Å². The zero-order valence-corrected chi connectivity index (χ0v) is 8.13. The Balaban J connectivity index is 2.76. The fraction of sp³-hybridized carbons (Fsp3) is 0.429. The molecular formula is C7H10O5S. The van der Waals surface area contributed by atoms with Gasteiger partial charge in [0.25, 0.3) is 0 Å². The van der Waals surface area contributed by atoms with Crippen LogP contribution in [0.4, 0.5) is 0 Å². The Kier molecular flexibility index (Phi) is 3.07. The highest BCUT2D eigenvalue weighted by atomic mass is 32.2. The summed E-state index contributed by atoms with van der Waals surface area (Å²) >= 11 is 0. The third kappa shape index (κ3) is 2.83. The smallest absolute Gasteiger partial charge is 0.218 e. The Bertz CT molecular complexity index is 364. The Labute approximate surface area is 76.1 Å². The van der Waals surface area contributed by atoms with Gasteiger partial charge < -0.3 is 4.42 Å². The van der Waals surface area contributed by atoms with Gasteiger partial charge in [0, 0.05) is 6.26 Å². The van der Waals surface area contributed by atoms with E-state index in [9.17, 15) is 8.42 Å². The molecule has 0 radical (unpaired) electrons. The fourth-order valence-corrected chi connectivity index (χ4v) is 1.33. The van der Waals surface area contributed by atoms with E-state index in [4.69, 9.17) is 4.42 Å². The summed E-state index contributed by atoms with van der Waals surface area (Å²) in [6.45, 7) is 0.0893. The molecule has 0 N–H and O–H groups in total. The maximum absolute atomic E-state index is 11.0. The van der Waals surface area contributed by atoms with E-state index >= 15 is 0 Å². The lowest BCUT2D eigenvalue weighted by Crippen LogP contribution is -1.94. The second-order valence-corrected chi connectivity index (χ2v) is 4.37. The van der Waals surface area contributed by atoms with Crippen LogP contribution in [-0.4, -0.2) is 21.8 Å². The Morgan fingerprint density at radius 3 is 2.62 bits per heavy atom. The van der Waals surface area contributed by atoms with Gasteiger partial charge in [0.1, 0.15) is 12.4 Å². The summed E-state index contributed by atoms with van der Waals surface area (Å²) in [6, 6.07) is 2.90. The zero-order valence-electron chi connectivity index (χ0n) is 7.31. The molecule has 0 aliphatic rings. The molecule has 5 nitrogen and oxygen atoms in total. The summed E-state index contributed by atoms with van der Waals surface area (Å²) in [6.07, 6.45) is 1.08. The van der Waals surface area contributed by atoms with E-state index < -0.39 is 9.84 Å². The molecule has 0 amide bonds. The summed E-state index contributed by atoms with van der Waals surface area (Å²) in [5.74, 6) is 0.405. The van der Waals surface area contributed by atoms with Gasteiger partial charge in [0.05, 0.1) is 7.11 Å². The van der Waals surface area contributed by atoms with Crippen molar-refractivity contribution in [2.45, 2.75) is 11.7 Å². The van der Waals surface area contributed by atoms with Gasteiger partial charge in [-0.3, -0.25) is 0 Å². The molecule has 0 fully saturated rings. The van der Waals surface area contributed by atoms with Crippen LogP contribution in [0, 0.1) is 0 Å². The number of hydrogen-bond donors (Lipinski definition) is 0. The predicted molar refractivity (Wildman–Crippen MR) is 43.6 cm³/mol. The molecule has 0 saturated carbocycles. The van der Waals surface area contributed by atoms with Crippen LogP contribution in [0.2, 0.25) is 0 Å². The average Bonchev–Trinajstić information content (AvgIpc) is 2.47. The van der Waals surface area contributed by atoms with E-state index in [0.717, 1.165) is 6.26 Å². The van der Waals surface area contributed by atoms with Crippen molar-refractivity contribution in [3.63, 3.8) is 0 Å². The summed E-state index contributed by atoms with van der Waals surface area (Å²) in [7, 11) is -1.91. The molecule has 13 heavy (non-hydrogen) atoms. The molecule has 0 aliphatic carbocycles. The van der Waals surface area contributed by atoms with E-state index in [1.54, 1.807) is 0 Å². The lowest BCUT2D eigenvalue weighted by atomic mass is 10.5. The second-order valence-electron chi connectivity index (χ2n) is 2.42. The maximum atomic E-state index is 11.0. The minimum absolute atomic E-state index is 0.0674. The van der Waals surface area contributed by atoms with Crippen molar-refractivity contribution in [3.05, 3.63) is 17.9 Å². The van der Waals surface area contributed by atoms with Gasteiger partial charge >= 0.3 is 0 Å². The van der Waals surface area contributed by atoms with Gasteiger partial charge in [-0.1, -0.05) is 0 Å². The van der Waals surface area contributed by atoms with Crippen molar-refractivity contribution in [1.82, 2.24) is 0 Å². The van der Waals surface area contributed by atoms with Gasteiger partial charge in [0.15, 0.2) is 0 Å². The van der Waals surface area contributed by atoms with Crippen LogP contribution in [0.15, 0.2) is 21.6 Å². The fourth-order valence-electron chi connectivity index (χ4n) is 0.752. The van der Waals surface area contributed by atoms with Crippen molar-refractivity contribution in [1.29, 1.82) is 0 Å². The highest BCUT2D eigenvalue weighted by Crippen LogP contribution is 2.14. The van der Waals surface area contributed by atoms with Gasteiger partial charge in [-0.25, -0.2) is 18.2 Å². The van der Waals surface area contributed by atoms with Crippen molar-refractivity contribution >= 4 is 9.84 Å². The van der Waals surface area contributed by atoms with Crippen LogP contribution in [-0.2, 0) is 26.2 Å². The molecule has 0 spiro atoms. The molecule has 0 saturated heterocycles. The minimum Gasteiger partial charge on any atom is -0.447 e. The third-order valence-electron chi connectivity index (χ3n) is 1.32. The first-order valence-corrected chi connectivity index (χ1v) is 5.37. The van der Waals surface area contributed by atoms with Crippen LogP contribution >= 0.6 is 0 Å². The van der Waals surface area contributed by atoms with Crippen molar-refractivity contribution in [3.8, 4) is 0 Å². The van der Waals surface area contributed by atoms with Crippen LogP contribution in [0.3, 0.4) is 0 Å². The molecule has 1 aromatic heterocycles. The SMILES string of the molecule is COOCc1ccc(S(C)(=O)=O)o1.